The van der Waals surface area contributed by atoms with Crippen molar-refractivity contribution >= 4 is 33.4 Å². The van der Waals surface area contributed by atoms with Crippen molar-refractivity contribution in [3.05, 3.63) is 98.0 Å². The van der Waals surface area contributed by atoms with Gasteiger partial charge in [-0.25, -0.2) is 4.39 Å². The first kappa shape index (κ1) is 24.3. The maximum atomic E-state index is 15.7. The summed E-state index contributed by atoms with van der Waals surface area (Å²) in [5, 5.41) is 10.2. The molecule has 0 saturated heterocycles. The molecule has 3 aromatic rings. The number of amides is 1. The van der Waals surface area contributed by atoms with Crippen LogP contribution in [0.3, 0.4) is 0 Å². The molecule has 1 amide bonds. The van der Waals surface area contributed by atoms with Gasteiger partial charge in [-0.3, -0.25) is 14.7 Å². The Morgan fingerprint density at radius 3 is 2.58 bits per heavy atom. The average molecular weight is 566 g/mol. The summed E-state index contributed by atoms with van der Waals surface area (Å²) in [4.78, 5) is 19.7. The molecule has 2 aromatic carbocycles. The van der Waals surface area contributed by atoms with E-state index in [0.717, 1.165) is 0 Å². The number of aromatic nitrogens is 1. The number of halogens is 3. The summed E-state index contributed by atoms with van der Waals surface area (Å²) >= 11 is 9.46. The molecule has 0 unspecified atom stereocenters. The van der Waals surface area contributed by atoms with Crippen molar-refractivity contribution in [2.24, 2.45) is 11.1 Å². The number of pyridine rings is 1. The molecule has 6 nitrogen and oxygen atoms in total. The zero-order valence-electron chi connectivity index (χ0n) is 18.9. The van der Waals surface area contributed by atoms with E-state index in [1.807, 2.05) is 0 Å². The first-order valence-electron chi connectivity index (χ1n) is 11.1. The second kappa shape index (κ2) is 9.22. The summed E-state index contributed by atoms with van der Waals surface area (Å²) in [7, 11) is 0. The minimum Gasteiger partial charge on any atom is -0.359 e. The maximum absolute atomic E-state index is 15.7. The molecule has 5 rings (SSSR count). The van der Waals surface area contributed by atoms with Crippen LogP contribution >= 0.6 is 27.5 Å². The molecule has 1 fully saturated rings. The normalized spacial score (nSPS) is 19.3. The van der Waals surface area contributed by atoms with Crippen LogP contribution in [0.25, 0.3) is 0 Å². The molecule has 180 valence electrons. The predicted molar refractivity (Wildman–Crippen MR) is 135 cm³/mol. The number of benzene rings is 2. The smallest absolute Gasteiger partial charge is 0.257 e. The molecule has 2 N–H and O–H groups in total. The van der Waals surface area contributed by atoms with Gasteiger partial charge in [0.2, 0.25) is 0 Å². The monoisotopic (exact) mass is 564 g/mol. The third-order valence-electron chi connectivity index (χ3n) is 6.49. The molecule has 1 aliphatic carbocycles. The van der Waals surface area contributed by atoms with Gasteiger partial charge in [-0.15, -0.1) is 0 Å². The molecule has 2 heterocycles. The number of nitrogens with two attached hydrogens (primary N) is 1. The second-order valence-electron chi connectivity index (χ2n) is 8.84. The van der Waals surface area contributed by atoms with E-state index in [1.54, 1.807) is 48.7 Å². The van der Waals surface area contributed by atoms with Gasteiger partial charge < -0.3 is 10.5 Å². The van der Waals surface area contributed by atoms with Gasteiger partial charge in [0.1, 0.15) is 5.82 Å². The predicted octanol–water partition coefficient (Wildman–Crippen LogP) is 5.08. The minimum atomic E-state index is -1.63. The van der Waals surface area contributed by atoms with Crippen LogP contribution in [0.1, 0.15) is 45.6 Å². The second-order valence-corrected chi connectivity index (χ2v) is 10.2. The topological polar surface area (TPSA) is 92.2 Å². The quantitative estimate of drug-likeness (QED) is 0.332. The number of fused-ring (bicyclic) bond motifs is 1. The van der Waals surface area contributed by atoms with Gasteiger partial charge in [-0.05, 0) is 55.2 Å². The number of nitrogens with zero attached hydrogens (tertiary/aromatic N) is 3. The number of carbonyl (C=O) groups excluding carboxylic acids is 1. The Labute approximate surface area is 221 Å². The Morgan fingerprint density at radius 2 is 1.97 bits per heavy atom. The summed E-state index contributed by atoms with van der Waals surface area (Å²) in [6.45, 7) is 0.0480. The lowest BCUT2D eigenvalue weighted by atomic mass is 9.92. The van der Waals surface area contributed by atoms with Crippen LogP contribution in [-0.2, 0) is 17.0 Å². The number of carbonyl (C=O) groups is 1. The third-order valence-corrected chi connectivity index (χ3v) is 7.20. The van der Waals surface area contributed by atoms with Gasteiger partial charge in [0, 0.05) is 32.9 Å². The lowest BCUT2D eigenvalue weighted by molar-refractivity contribution is -0.122. The SMILES string of the molecule is N#CC1(CO[C@]2(c3ccc(Cl)cc3)c3c(F)cc(Br)cc3C(=O)N2Cc2ccc(C#CN)cn2)CC1. The van der Waals surface area contributed by atoms with Crippen molar-refractivity contribution in [1.82, 2.24) is 9.88 Å². The number of ether oxygens (including phenoxy) is 1. The van der Waals surface area contributed by atoms with Gasteiger partial charge in [0.25, 0.3) is 5.91 Å². The highest BCUT2D eigenvalue weighted by Crippen LogP contribution is 2.52. The van der Waals surface area contributed by atoms with Gasteiger partial charge in [-0.1, -0.05) is 39.7 Å². The van der Waals surface area contributed by atoms with E-state index in [9.17, 15) is 10.1 Å². The zero-order chi connectivity index (χ0) is 25.5. The Bertz CT molecular complexity index is 1460. The van der Waals surface area contributed by atoms with Gasteiger partial charge in [0.05, 0.1) is 41.5 Å². The van der Waals surface area contributed by atoms with Crippen molar-refractivity contribution in [3.8, 4) is 18.0 Å². The molecule has 1 aromatic heterocycles. The van der Waals surface area contributed by atoms with E-state index in [-0.39, 0.29) is 24.3 Å². The number of nitriles is 1. The fraction of sp³-hybridized carbons (Fsp3) is 0.222. The third kappa shape index (κ3) is 4.12. The van der Waals surface area contributed by atoms with Crippen molar-refractivity contribution in [2.75, 3.05) is 6.61 Å². The molecule has 2 aliphatic rings. The molecule has 0 bridgehead atoms. The molecule has 0 radical (unpaired) electrons. The van der Waals surface area contributed by atoms with Crippen molar-refractivity contribution in [2.45, 2.75) is 25.1 Å². The maximum Gasteiger partial charge on any atom is 0.257 e. The van der Waals surface area contributed by atoms with Crippen LogP contribution < -0.4 is 5.73 Å². The molecule has 1 aliphatic heterocycles. The van der Waals surface area contributed by atoms with Gasteiger partial charge in [0.15, 0.2) is 5.72 Å². The summed E-state index contributed by atoms with van der Waals surface area (Å²) in [5.41, 5.74) is 4.94. The van der Waals surface area contributed by atoms with Crippen LogP contribution in [0.2, 0.25) is 5.02 Å². The van der Waals surface area contributed by atoms with E-state index in [4.69, 9.17) is 22.1 Å². The highest BCUT2D eigenvalue weighted by molar-refractivity contribution is 9.10. The molecule has 1 saturated carbocycles. The van der Waals surface area contributed by atoms with E-state index in [0.29, 0.717) is 39.2 Å². The first-order valence-corrected chi connectivity index (χ1v) is 12.3. The van der Waals surface area contributed by atoms with Crippen LogP contribution in [0, 0.1) is 34.5 Å². The van der Waals surface area contributed by atoms with E-state index in [1.165, 1.54) is 11.0 Å². The summed E-state index contributed by atoms with van der Waals surface area (Å²) in [6, 6.07) is 17.7. The molecular formula is C27H19BrClFN4O2. The van der Waals surface area contributed by atoms with E-state index in [2.05, 4.69) is 38.9 Å². The van der Waals surface area contributed by atoms with E-state index >= 15 is 4.39 Å². The average Bonchev–Trinajstić information content (AvgIpc) is 3.61. The fourth-order valence-electron chi connectivity index (χ4n) is 4.42. The summed E-state index contributed by atoms with van der Waals surface area (Å²) in [5.74, 6) is 1.70. The van der Waals surface area contributed by atoms with Crippen molar-refractivity contribution < 1.29 is 13.9 Å². The molecule has 0 spiro atoms. The standard InChI is InChI=1S/C27H19BrClFN4O2/c28-19-11-22-24(23(30)12-19)27(18-2-4-20(29)5-3-18,36-16-26(15-32)8-9-26)34(25(22)35)14-21-6-1-17(7-10-31)13-33-21/h1-6,11-13H,8-9,14,16,31H2/t27-/m1/s1. The summed E-state index contributed by atoms with van der Waals surface area (Å²) in [6.07, 6.45) is 2.91. The number of rotatable bonds is 6. The molecule has 9 heteroatoms. The molecule has 36 heavy (non-hydrogen) atoms. The van der Waals surface area contributed by atoms with Gasteiger partial charge in [-0.2, -0.15) is 5.26 Å². The number of hydrogen-bond donors (Lipinski definition) is 1. The molecule has 1 atom stereocenters. The van der Waals surface area contributed by atoms with Crippen molar-refractivity contribution in [1.29, 1.82) is 5.26 Å². The summed E-state index contributed by atoms with van der Waals surface area (Å²) < 4.78 is 22.7. The van der Waals surface area contributed by atoms with Crippen LogP contribution in [-0.4, -0.2) is 22.4 Å². The highest BCUT2D eigenvalue weighted by atomic mass is 79.9. The van der Waals surface area contributed by atoms with Crippen LogP contribution in [0.15, 0.2) is 59.2 Å². The first-order chi connectivity index (χ1) is 17.3. The molecular weight excluding hydrogens is 547 g/mol. The van der Waals surface area contributed by atoms with Crippen LogP contribution in [0.4, 0.5) is 4.39 Å². The van der Waals surface area contributed by atoms with E-state index < -0.39 is 22.9 Å². The Balaban J connectivity index is 1.69. The highest BCUT2D eigenvalue weighted by Gasteiger charge is 2.56. The Morgan fingerprint density at radius 1 is 1.22 bits per heavy atom. The lowest BCUT2D eigenvalue weighted by Crippen LogP contribution is -2.47. The Hall–Kier alpha value is -3.43. The van der Waals surface area contributed by atoms with Gasteiger partial charge >= 0.3 is 0 Å². The Kier molecular flexibility index (Phi) is 6.22. The lowest BCUT2D eigenvalue weighted by Gasteiger charge is -2.40. The van der Waals surface area contributed by atoms with Crippen molar-refractivity contribution in [3.63, 3.8) is 0 Å². The zero-order valence-corrected chi connectivity index (χ0v) is 21.2. The number of hydrogen-bond acceptors (Lipinski definition) is 5. The fourth-order valence-corrected chi connectivity index (χ4v) is 4.98. The largest absolute Gasteiger partial charge is 0.359 e. The van der Waals surface area contributed by atoms with Crippen LogP contribution in [0.5, 0.6) is 0 Å². The minimum absolute atomic E-state index is 0.0170.